The Balaban J connectivity index is 1.20. The maximum absolute atomic E-state index is 13.4. The van der Waals surface area contributed by atoms with Crippen LogP contribution >= 0.6 is 0 Å². The van der Waals surface area contributed by atoms with Crippen molar-refractivity contribution < 1.29 is 19.8 Å². The number of carbonyl (C=O) groups excluding carboxylic acids is 2. The molecule has 2 aromatic rings. The largest absolute Gasteiger partial charge is 0.377 e. The quantitative estimate of drug-likeness (QED) is 0.533. The van der Waals surface area contributed by atoms with Crippen LogP contribution in [-0.4, -0.2) is 70.8 Å². The Bertz CT molecular complexity index is 960. The van der Waals surface area contributed by atoms with Crippen molar-refractivity contribution in [2.24, 2.45) is 11.8 Å². The van der Waals surface area contributed by atoms with E-state index in [4.69, 9.17) is 0 Å². The zero-order valence-electron chi connectivity index (χ0n) is 21.0. The molecule has 2 aromatic carbocycles. The highest BCUT2D eigenvalue weighted by Gasteiger charge is 2.49. The molecule has 0 amide bonds. The monoisotopic (exact) mass is 490 g/mol. The van der Waals surface area contributed by atoms with E-state index < -0.39 is 11.2 Å². The van der Waals surface area contributed by atoms with Crippen LogP contribution in [0.5, 0.6) is 0 Å². The normalized spacial score (nSPS) is 23.2. The highest BCUT2D eigenvalue weighted by Crippen LogP contribution is 2.44. The third kappa shape index (κ3) is 4.68. The summed E-state index contributed by atoms with van der Waals surface area (Å²) in [6.07, 6.45) is 5.60. The van der Waals surface area contributed by atoms with Crippen molar-refractivity contribution in [3.63, 3.8) is 0 Å². The minimum atomic E-state index is -1.43. The average molecular weight is 491 g/mol. The van der Waals surface area contributed by atoms with Gasteiger partial charge in [0.25, 0.3) is 0 Å². The highest BCUT2D eigenvalue weighted by molar-refractivity contribution is 5.91. The second-order valence-electron chi connectivity index (χ2n) is 10.9. The molecule has 0 spiro atoms. The van der Waals surface area contributed by atoms with E-state index in [2.05, 4.69) is 9.80 Å². The van der Waals surface area contributed by atoms with Gasteiger partial charge in [-0.25, -0.2) is 0 Å². The number of carbonyl (C=O) groups is 2. The summed E-state index contributed by atoms with van der Waals surface area (Å²) in [5.41, 5.74) is -1.47. The topological polar surface area (TPSA) is 81.1 Å². The Labute approximate surface area is 213 Å². The highest BCUT2D eigenvalue weighted by atomic mass is 16.3. The number of aliphatic hydroxyl groups is 2. The Kier molecular flexibility index (Phi) is 7.40. The lowest BCUT2D eigenvalue weighted by Crippen LogP contribution is -2.56. The summed E-state index contributed by atoms with van der Waals surface area (Å²) >= 11 is 0. The van der Waals surface area contributed by atoms with Crippen molar-refractivity contribution in [3.8, 4) is 0 Å². The zero-order chi connectivity index (χ0) is 25.2. The lowest BCUT2D eigenvalue weighted by molar-refractivity contribution is -0.153. The van der Waals surface area contributed by atoms with Crippen molar-refractivity contribution in [3.05, 3.63) is 71.8 Å². The van der Waals surface area contributed by atoms with Gasteiger partial charge in [-0.3, -0.25) is 19.4 Å². The van der Waals surface area contributed by atoms with Crippen LogP contribution in [-0.2, 0) is 20.8 Å². The fourth-order valence-electron chi connectivity index (χ4n) is 6.04. The van der Waals surface area contributed by atoms with Crippen LogP contribution < -0.4 is 0 Å². The van der Waals surface area contributed by atoms with Gasteiger partial charge in [-0.2, -0.15) is 0 Å². The van der Waals surface area contributed by atoms with Gasteiger partial charge in [0.15, 0.2) is 22.8 Å². The smallest absolute Gasteiger partial charge is 0.183 e. The van der Waals surface area contributed by atoms with Gasteiger partial charge in [-0.05, 0) is 48.6 Å². The number of hydrogen-bond acceptors (Lipinski definition) is 6. The standard InChI is InChI=1S/C30H38N2O4/c33-27(29(35,25-13-7-14-25)23-9-3-1-4-10-23)21-31-17-19-32(20-18-31)22-28(34)30(36,26-15-8-16-26)24-11-5-2-6-12-24/h1-6,9-12,25-26,35-36H,7-8,13-22H2. The van der Waals surface area contributed by atoms with Gasteiger partial charge in [0, 0.05) is 26.2 Å². The molecule has 2 unspecified atom stereocenters. The van der Waals surface area contributed by atoms with Crippen molar-refractivity contribution in [2.45, 2.75) is 49.7 Å². The molecule has 2 aliphatic carbocycles. The molecule has 192 valence electrons. The summed E-state index contributed by atoms with van der Waals surface area (Å²) in [4.78, 5) is 31.1. The maximum atomic E-state index is 13.4. The van der Waals surface area contributed by atoms with Crippen LogP contribution in [0.2, 0.25) is 0 Å². The molecule has 1 saturated heterocycles. The number of nitrogens with zero attached hydrogens (tertiary/aromatic N) is 2. The van der Waals surface area contributed by atoms with E-state index in [1.165, 1.54) is 0 Å². The van der Waals surface area contributed by atoms with E-state index in [-0.39, 0.29) is 36.5 Å². The fourth-order valence-corrected chi connectivity index (χ4v) is 6.04. The second-order valence-corrected chi connectivity index (χ2v) is 10.9. The molecule has 2 atom stereocenters. The molecular formula is C30H38N2O4. The number of rotatable bonds is 10. The summed E-state index contributed by atoms with van der Waals surface area (Å²) < 4.78 is 0. The van der Waals surface area contributed by atoms with Crippen molar-refractivity contribution in [1.82, 2.24) is 9.80 Å². The molecule has 36 heavy (non-hydrogen) atoms. The van der Waals surface area contributed by atoms with Gasteiger partial charge in [-0.15, -0.1) is 0 Å². The van der Waals surface area contributed by atoms with Crippen LogP contribution in [0.1, 0.15) is 49.7 Å². The minimum Gasteiger partial charge on any atom is -0.377 e. The average Bonchev–Trinajstić information content (AvgIpc) is 2.84. The van der Waals surface area contributed by atoms with Gasteiger partial charge >= 0.3 is 0 Å². The molecule has 1 heterocycles. The summed E-state index contributed by atoms with van der Waals surface area (Å²) in [6, 6.07) is 18.7. The first-order valence-electron chi connectivity index (χ1n) is 13.5. The molecule has 0 radical (unpaired) electrons. The molecule has 6 heteroatoms. The van der Waals surface area contributed by atoms with Gasteiger partial charge in [0.2, 0.25) is 0 Å². The first-order valence-corrected chi connectivity index (χ1v) is 13.5. The fraction of sp³-hybridized carbons (Fsp3) is 0.533. The maximum Gasteiger partial charge on any atom is 0.183 e. The number of hydrogen-bond donors (Lipinski definition) is 2. The first-order chi connectivity index (χ1) is 17.4. The zero-order valence-corrected chi connectivity index (χ0v) is 21.0. The van der Waals surface area contributed by atoms with E-state index in [1.807, 2.05) is 60.7 Å². The predicted molar refractivity (Wildman–Crippen MR) is 138 cm³/mol. The van der Waals surface area contributed by atoms with Crippen LogP contribution in [0.15, 0.2) is 60.7 Å². The lowest BCUT2D eigenvalue weighted by Gasteiger charge is -2.43. The van der Waals surface area contributed by atoms with E-state index in [0.29, 0.717) is 37.3 Å². The number of piperazine rings is 1. The van der Waals surface area contributed by atoms with Crippen LogP contribution in [0, 0.1) is 11.8 Å². The Hall–Kier alpha value is -2.38. The molecule has 0 aromatic heterocycles. The molecule has 6 nitrogen and oxygen atoms in total. The SMILES string of the molecule is O=C(CN1CCN(CC(=O)C(O)(c2ccccc2)C2CCC2)CC1)C(O)(c1ccccc1)C1CCC1. The molecule has 2 N–H and O–H groups in total. The van der Waals surface area contributed by atoms with Gasteiger partial charge < -0.3 is 10.2 Å². The third-order valence-electron chi connectivity index (χ3n) is 8.87. The van der Waals surface area contributed by atoms with E-state index in [1.54, 1.807) is 0 Å². The van der Waals surface area contributed by atoms with E-state index in [0.717, 1.165) is 38.5 Å². The van der Waals surface area contributed by atoms with Crippen LogP contribution in [0.25, 0.3) is 0 Å². The summed E-state index contributed by atoms with van der Waals surface area (Å²) in [7, 11) is 0. The number of benzene rings is 2. The molecule has 3 aliphatic rings. The summed E-state index contributed by atoms with van der Waals surface area (Å²) in [6.45, 7) is 3.03. The first kappa shape index (κ1) is 25.3. The lowest BCUT2D eigenvalue weighted by atomic mass is 9.67. The minimum absolute atomic E-state index is 0.0199. The summed E-state index contributed by atoms with van der Waals surface area (Å²) in [5, 5.41) is 23.2. The van der Waals surface area contributed by atoms with Gasteiger partial charge in [0.1, 0.15) is 0 Å². The van der Waals surface area contributed by atoms with E-state index in [9.17, 15) is 19.8 Å². The number of Topliss-reactive ketones (excluding diaryl/α,β-unsaturated/α-hetero) is 2. The molecular weight excluding hydrogens is 452 g/mol. The second kappa shape index (κ2) is 10.5. The molecule has 2 saturated carbocycles. The van der Waals surface area contributed by atoms with Crippen LogP contribution in [0.4, 0.5) is 0 Å². The predicted octanol–water partition coefficient (Wildman–Crippen LogP) is 3.12. The third-order valence-corrected chi connectivity index (χ3v) is 8.87. The molecule has 5 rings (SSSR count). The Morgan fingerprint density at radius 2 is 0.972 bits per heavy atom. The van der Waals surface area contributed by atoms with Crippen molar-refractivity contribution in [2.75, 3.05) is 39.3 Å². The van der Waals surface area contributed by atoms with E-state index >= 15 is 0 Å². The summed E-state index contributed by atoms with van der Waals surface area (Å²) in [5.74, 6) is -0.306. The molecule has 3 fully saturated rings. The van der Waals surface area contributed by atoms with Crippen molar-refractivity contribution >= 4 is 11.6 Å². The Morgan fingerprint density at radius 3 is 1.25 bits per heavy atom. The number of ketones is 2. The Morgan fingerprint density at radius 1 is 0.639 bits per heavy atom. The van der Waals surface area contributed by atoms with Crippen molar-refractivity contribution in [1.29, 1.82) is 0 Å². The molecule has 1 aliphatic heterocycles. The molecule has 0 bridgehead atoms. The van der Waals surface area contributed by atoms with Gasteiger partial charge in [-0.1, -0.05) is 73.5 Å². The van der Waals surface area contributed by atoms with Gasteiger partial charge in [0.05, 0.1) is 13.1 Å². The van der Waals surface area contributed by atoms with Crippen LogP contribution in [0.3, 0.4) is 0 Å².